The molecule has 3 unspecified atom stereocenters. The fourth-order valence-electron chi connectivity index (χ4n) is 2.62. The molecule has 0 aromatic rings. The molecule has 2 fully saturated rings. The van der Waals surface area contributed by atoms with Crippen LogP contribution in [0.15, 0.2) is 0 Å². The second kappa shape index (κ2) is 4.60. The predicted molar refractivity (Wildman–Crippen MR) is 57.1 cm³/mol. The molecule has 2 aliphatic rings. The van der Waals surface area contributed by atoms with Crippen molar-refractivity contribution in [1.82, 2.24) is 5.32 Å². The van der Waals surface area contributed by atoms with Crippen molar-refractivity contribution >= 4 is 0 Å². The van der Waals surface area contributed by atoms with E-state index in [4.69, 9.17) is 10.5 Å². The van der Waals surface area contributed by atoms with E-state index in [0.29, 0.717) is 18.0 Å². The average Bonchev–Trinajstić information content (AvgIpc) is 2.23. The fraction of sp³-hybridized carbons (Fsp3) is 1.00. The monoisotopic (exact) mass is 198 g/mol. The second-order valence-corrected chi connectivity index (χ2v) is 4.84. The molecule has 3 heteroatoms. The predicted octanol–water partition coefficient (Wildman–Crippen LogP) is 0.738. The molecular weight excluding hydrogens is 176 g/mol. The van der Waals surface area contributed by atoms with Crippen LogP contribution in [0.5, 0.6) is 0 Å². The third-order valence-corrected chi connectivity index (χ3v) is 3.81. The lowest BCUT2D eigenvalue weighted by atomic mass is 9.81. The Morgan fingerprint density at radius 1 is 1.29 bits per heavy atom. The van der Waals surface area contributed by atoms with E-state index in [1.54, 1.807) is 0 Å². The van der Waals surface area contributed by atoms with Gasteiger partial charge in [0.05, 0.1) is 0 Å². The summed E-state index contributed by atoms with van der Waals surface area (Å²) in [6.07, 6.45) is 3.69. The molecule has 2 heterocycles. The van der Waals surface area contributed by atoms with E-state index in [9.17, 15) is 0 Å². The number of hydrogen-bond donors (Lipinski definition) is 2. The molecule has 82 valence electrons. The summed E-state index contributed by atoms with van der Waals surface area (Å²) in [7, 11) is 0. The minimum Gasteiger partial charge on any atom is -0.381 e. The molecule has 0 aromatic heterocycles. The quantitative estimate of drug-likeness (QED) is 0.653. The maximum Gasteiger partial charge on any atom is 0.0469 e. The van der Waals surface area contributed by atoms with E-state index >= 15 is 0 Å². The van der Waals surface area contributed by atoms with Crippen LogP contribution in [0.4, 0.5) is 0 Å². The summed E-state index contributed by atoms with van der Waals surface area (Å²) < 4.78 is 5.39. The van der Waals surface area contributed by atoms with E-state index in [1.807, 2.05) is 0 Å². The molecule has 2 aliphatic heterocycles. The Hall–Kier alpha value is -0.120. The highest BCUT2D eigenvalue weighted by Gasteiger charge is 2.30. The van der Waals surface area contributed by atoms with Crippen LogP contribution in [0.25, 0.3) is 0 Å². The van der Waals surface area contributed by atoms with Gasteiger partial charge in [-0.15, -0.1) is 0 Å². The van der Waals surface area contributed by atoms with Gasteiger partial charge in [-0.3, -0.25) is 0 Å². The Bertz CT molecular complexity index is 180. The summed E-state index contributed by atoms with van der Waals surface area (Å²) in [5.41, 5.74) is 5.98. The van der Waals surface area contributed by atoms with E-state index in [0.717, 1.165) is 25.7 Å². The van der Waals surface area contributed by atoms with Crippen molar-refractivity contribution in [3.63, 3.8) is 0 Å². The van der Waals surface area contributed by atoms with Gasteiger partial charge in [0.2, 0.25) is 0 Å². The zero-order valence-corrected chi connectivity index (χ0v) is 9.04. The van der Waals surface area contributed by atoms with Crippen LogP contribution in [-0.4, -0.2) is 31.8 Å². The van der Waals surface area contributed by atoms with Crippen LogP contribution in [0.1, 0.15) is 26.2 Å². The molecule has 3 N–H and O–H groups in total. The Kier molecular flexibility index (Phi) is 3.42. The van der Waals surface area contributed by atoms with Crippen LogP contribution in [0.2, 0.25) is 0 Å². The number of hydrogen-bond acceptors (Lipinski definition) is 3. The van der Waals surface area contributed by atoms with Gasteiger partial charge in [0.1, 0.15) is 0 Å². The topological polar surface area (TPSA) is 47.3 Å². The number of nitrogens with two attached hydrogens (primary N) is 1. The number of rotatable bonds is 1. The highest BCUT2D eigenvalue weighted by molar-refractivity contribution is 4.88. The highest BCUT2D eigenvalue weighted by atomic mass is 16.5. The standard InChI is InChI=1S/C11H22N2O/c1-8-6-11(13-7-10(8)12)9-2-4-14-5-3-9/h8-11,13H,2-7,12H2,1H3. The third-order valence-electron chi connectivity index (χ3n) is 3.81. The van der Waals surface area contributed by atoms with Crippen LogP contribution in [0.3, 0.4) is 0 Å². The normalized spacial score (nSPS) is 41.1. The van der Waals surface area contributed by atoms with Crippen LogP contribution in [-0.2, 0) is 4.74 Å². The zero-order valence-electron chi connectivity index (χ0n) is 9.04. The van der Waals surface area contributed by atoms with E-state index < -0.39 is 0 Å². The first-order valence-corrected chi connectivity index (χ1v) is 5.84. The third kappa shape index (κ3) is 2.27. The van der Waals surface area contributed by atoms with Gasteiger partial charge in [-0.1, -0.05) is 6.92 Å². The molecule has 0 amide bonds. The average molecular weight is 198 g/mol. The van der Waals surface area contributed by atoms with Crippen molar-refractivity contribution in [2.45, 2.75) is 38.3 Å². The minimum absolute atomic E-state index is 0.353. The molecule has 0 aliphatic carbocycles. The summed E-state index contributed by atoms with van der Waals surface area (Å²) in [4.78, 5) is 0. The molecule has 0 spiro atoms. The lowest BCUT2D eigenvalue weighted by Gasteiger charge is -2.39. The SMILES string of the molecule is CC1CC(C2CCOCC2)NCC1N. The summed E-state index contributed by atoms with van der Waals surface area (Å²) in [5.74, 6) is 1.49. The number of nitrogens with one attached hydrogen (secondary N) is 1. The van der Waals surface area contributed by atoms with Gasteiger partial charge in [-0.05, 0) is 31.1 Å². The summed E-state index contributed by atoms with van der Waals surface area (Å²) in [5, 5.41) is 3.59. The van der Waals surface area contributed by atoms with Gasteiger partial charge in [0, 0.05) is 31.8 Å². The Morgan fingerprint density at radius 2 is 2.00 bits per heavy atom. The summed E-state index contributed by atoms with van der Waals surface area (Å²) in [6.45, 7) is 5.16. The van der Waals surface area contributed by atoms with Gasteiger partial charge in [0.15, 0.2) is 0 Å². The maximum atomic E-state index is 5.98. The van der Waals surface area contributed by atoms with Crippen molar-refractivity contribution in [2.24, 2.45) is 17.6 Å². The van der Waals surface area contributed by atoms with Crippen LogP contribution < -0.4 is 11.1 Å². The number of ether oxygens (including phenoxy) is 1. The van der Waals surface area contributed by atoms with Gasteiger partial charge in [-0.2, -0.15) is 0 Å². The van der Waals surface area contributed by atoms with E-state index in [-0.39, 0.29) is 0 Å². The Morgan fingerprint density at radius 3 is 2.64 bits per heavy atom. The van der Waals surface area contributed by atoms with Crippen molar-refractivity contribution in [3.8, 4) is 0 Å². The molecule has 3 atom stereocenters. The zero-order chi connectivity index (χ0) is 9.97. The number of piperidine rings is 1. The van der Waals surface area contributed by atoms with Crippen molar-refractivity contribution in [1.29, 1.82) is 0 Å². The Balaban J connectivity index is 1.85. The Labute approximate surface area is 86.4 Å². The lowest BCUT2D eigenvalue weighted by molar-refractivity contribution is 0.0452. The van der Waals surface area contributed by atoms with Crippen molar-refractivity contribution in [3.05, 3.63) is 0 Å². The first-order valence-electron chi connectivity index (χ1n) is 5.84. The minimum atomic E-state index is 0.353. The summed E-state index contributed by atoms with van der Waals surface area (Å²) in [6, 6.07) is 1.04. The van der Waals surface area contributed by atoms with E-state index in [1.165, 1.54) is 19.3 Å². The van der Waals surface area contributed by atoms with Crippen LogP contribution in [0, 0.1) is 11.8 Å². The molecule has 0 radical (unpaired) electrons. The first kappa shape index (κ1) is 10.4. The summed E-state index contributed by atoms with van der Waals surface area (Å²) >= 11 is 0. The molecule has 2 saturated heterocycles. The van der Waals surface area contributed by atoms with Crippen molar-refractivity contribution < 1.29 is 4.74 Å². The molecule has 2 rings (SSSR count). The molecule has 0 aromatic carbocycles. The molecule has 0 saturated carbocycles. The largest absolute Gasteiger partial charge is 0.381 e. The van der Waals surface area contributed by atoms with Gasteiger partial charge in [0.25, 0.3) is 0 Å². The fourth-order valence-corrected chi connectivity index (χ4v) is 2.62. The molecule has 14 heavy (non-hydrogen) atoms. The maximum absolute atomic E-state index is 5.98. The van der Waals surface area contributed by atoms with E-state index in [2.05, 4.69) is 12.2 Å². The second-order valence-electron chi connectivity index (χ2n) is 4.84. The van der Waals surface area contributed by atoms with Crippen LogP contribution >= 0.6 is 0 Å². The highest BCUT2D eigenvalue weighted by Crippen LogP contribution is 2.26. The smallest absolute Gasteiger partial charge is 0.0469 e. The van der Waals surface area contributed by atoms with Gasteiger partial charge >= 0.3 is 0 Å². The first-order chi connectivity index (χ1) is 6.77. The van der Waals surface area contributed by atoms with Crippen molar-refractivity contribution in [2.75, 3.05) is 19.8 Å². The van der Waals surface area contributed by atoms with Gasteiger partial charge < -0.3 is 15.8 Å². The lowest BCUT2D eigenvalue weighted by Crippen LogP contribution is -2.53. The molecule has 3 nitrogen and oxygen atoms in total. The molecule has 0 bridgehead atoms. The van der Waals surface area contributed by atoms with Gasteiger partial charge in [-0.25, -0.2) is 0 Å². The molecular formula is C11H22N2O.